The zero-order valence-corrected chi connectivity index (χ0v) is 20.9. The summed E-state index contributed by atoms with van der Waals surface area (Å²) in [5, 5.41) is 12.3. The van der Waals surface area contributed by atoms with Crippen LogP contribution in [0.3, 0.4) is 0 Å². The molecule has 0 spiro atoms. The predicted octanol–water partition coefficient (Wildman–Crippen LogP) is 5.36. The number of amides is 1. The van der Waals surface area contributed by atoms with Gasteiger partial charge in [0, 0.05) is 35.8 Å². The van der Waals surface area contributed by atoms with Crippen LogP contribution in [0.4, 0.5) is 4.79 Å². The molecule has 1 amide bonds. The van der Waals surface area contributed by atoms with Gasteiger partial charge in [-0.25, -0.2) is 4.79 Å². The molecule has 0 radical (unpaired) electrons. The van der Waals surface area contributed by atoms with Gasteiger partial charge in [-0.05, 0) is 77.5 Å². The number of aromatic nitrogens is 2. The van der Waals surface area contributed by atoms with Crippen LogP contribution in [0.15, 0.2) is 35.3 Å². The molecular weight excluding hydrogens is 418 g/mol. The maximum absolute atomic E-state index is 12.9. The molecule has 178 valence electrons. The van der Waals surface area contributed by atoms with E-state index in [0.29, 0.717) is 24.2 Å². The van der Waals surface area contributed by atoms with E-state index >= 15 is 0 Å². The number of fused-ring (bicyclic) bond motifs is 3. The second-order valence-corrected chi connectivity index (χ2v) is 10.6. The van der Waals surface area contributed by atoms with Crippen molar-refractivity contribution in [1.82, 2.24) is 14.5 Å². The molecule has 1 aromatic carbocycles. The van der Waals surface area contributed by atoms with Crippen LogP contribution in [0.1, 0.15) is 53.7 Å². The highest BCUT2D eigenvalue weighted by Gasteiger charge is 2.39. The molecule has 0 aliphatic heterocycles. The van der Waals surface area contributed by atoms with E-state index in [9.17, 15) is 14.7 Å². The lowest BCUT2D eigenvalue weighted by atomic mass is 9.87. The summed E-state index contributed by atoms with van der Waals surface area (Å²) in [5.41, 5.74) is 0.387. The minimum Gasteiger partial charge on any atom is -0.493 e. The van der Waals surface area contributed by atoms with Crippen LogP contribution in [0.25, 0.3) is 21.7 Å². The van der Waals surface area contributed by atoms with Crippen molar-refractivity contribution in [1.29, 1.82) is 0 Å². The van der Waals surface area contributed by atoms with E-state index < -0.39 is 17.2 Å². The van der Waals surface area contributed by atoms with E-state index in [1.54, 1.807) is 17.8 Å². The first-order valence-electron chi connectivity index (χ1n) is 11.3. The minimum atomic E-state index is -0.922. The summed E-state index contributed by atoms with van der Waals surface area (Å²) in [6, 6.07) is 7.66. The van der Waals surface area contributed by atoms with Crippen LogP contribution in [-0.4, -0.2) is 43.3 Å². The Hall–Kier alpha value is -3.09. The number of pyridine rings is 2. The molecule has 1 atom stereocenters. The lowest BCUT2D eigenvalue weighted by molar-refractivity contribution is 0.0187. The van der Waals surface area contributed by atoms with E-state index in [-0.39, 0.29) is 11.5 Å². The lowest BCUT2D eigenvalue weighted by Gasteiger charge is -2.46. The first-order valence-corrected chi connectivity index (χ1v) is 11.3. The normalized spacial score (nSPS) is 13.3. The van der Waals surface area contributed by atoms with Crippen molar-refractivity contribution in [2.75, 3.05) is 6.61 Å². The first-order chi connectivity index (χ1) is 15.2. The van der Waals surface area contributed by atoms with E-state index in [1.165, 1.54) is 4.90 Å². The fraction of sp³-hybridized carbons (Fsp3) is 0.500. The highest BCUT2D eigenvalue weighted by atomic mass is 16.5. The third kappa shape index (κ3) is 4.82. The standard InChI is InChI=1S/C26H35N3O4/c1-16(14-26(6,7)29(24(31)32)25(3,4)5)15-33-18-9-10-19-20-11-12-27-17(2)22(20)23(30)28(8)21(19)13-18/h9-13,16H,14-15H2,1-8H3,(H,31,32). The Morgan fingerprint density at radius 1 is 1.18 bits per heavy atom. The average Bonchev–Trinajstić information content (AvgIpc) is 2.68. The maximum atomic E-state index is 12.9. The van der Waals surface area contributed by atoms with Gasteiger partial charge in [0.25, 0.3) is 5.56 Å². The highest BCUT2D eigenvalue weighted by molar-refractivity contribution is 6.06. The Labute approximate surface area is 195 Å². The highest BCUT2D eigenvalue weighted by Crippen LogP contribution is 2.32. The van der Waals surface area contributed by atoms with Crippen LogP contribution in [0.5, 0.6) is 5.75 Å². The smallest absolute Gasteiger partial charge is 0.408 e. The molecule has 2 heterocycles. The number of benzene rings is 1. The van der Waals surface area contributed by atoms with Crippen LogP contribution >= 0.6 is 0 Å². The van der Waals surface area contributed by atoms with Crippen molar-refractivity contribution >= 4 is 27.8 Å². The van der Waals surface area contributed by atoms with Crippen molar-refractivity contribution in [3.63, 3.8) is 0 Å². The number of carboxylic acid groups (broad SMARTS) is 1. The van der Waals surface area contributed by atoms with Crippen molar-refractivity contribution in [3.8, 4) is 5.75 Å². The second-order valence-electron chi connectivity index (χ2n) is 10.6. The largest absolute Gasteiger partial charge is 0.493 e. The average molecular weight is 454 g/mol. The number of hydrogen-bond donors (Lipinski definition) is 1. The zero-order valence-electron chi connectivity index (χ0n) is 20.9. The molecular formula is C26H35N3O4. The van der Waals surface area contributed by atoms with E-state index in [1.807, 2.05) is 65.8 Å². The van der Waals surface area contributed by atoms with Crippen LogP contribution in [0.2, 0.25) is 0 Å². The van der Waals surface area contributed by atoms with Crippen molar-refractivity contribution in [3.05, 3.63) is 46.5 Å². The Bertz CT molecular complexity index is 1250. The lowest BCUT2D eigenvalue weighted by Crippen LogP contribution is -2.57. The second kappa shape index (κ2) is 8.69. The van der Waals surface area contributed by atoms with Gasteiger partial charge in [-0.2, -0.15) is 0 Å². The van der Waals surface area contributed by atoms with Crippen LogP contribution in [-0.2, 0) is 7.05 Å². The molecule has 7 nitrogen and oxygen atoms in total. The molecule has 3 rings (SSSR count). The Morgan fingerprint density at radius 3 is 2.45 bits per heavy atom. The molecule has 3 aromatic rings. The molecule has 2 aromatic heterocycles. The molecule has 1 unspecified atom stereocenters. The number of nitrogens with zero attached hydrogens (tertiary/aromatic N) is 3. The molecule has 0 aliphatic carbocycles. The minimum absolute atomic E-state index is 0.0775. The number of rotatable bonds is 6. The maximum Gasteiger partial charge on any atom is 0.408 e. The third-order valence-electron chi connectivity index (χ3n) is 6.13. The molecule has 0 saturated heterocycles. The van der Waals surface area contributed by atoms with Gasteiger partial charge in [-0.15, -0.1) is 0 Å². The fourth-order valence-corrected chi connectivity index (χ4v) is 5.14. The zero-order chi connectivity index (χ0) is 24.7. The third-order valence-corrected chi connectivity index (χ3v) is 6.13. The van der Waals surface area contributed by atoms with Crippen molar-refractivity contribution in [2.45, 2.75) is 66.0 Å². The molecule has 7 heteroatoms. The van der Waals surface area contributed by atoms with Crippen molar-refractivity contribution in [2.24, 2.45) is 13.0 Å². The van der Waals surface area contributed by atoms with Gasteiger partial charge in [0.2, 0.25) is 0 Å². The van der Waals surface area contributed by atoms with Gasteiger partial charge >= 0.3 is 6.09 Å². The van der Waals surface area contributed by atoms with Gasteiger partial charge in [0.15, 0.2) is 0 Å². The summed E-state index contributed by atoms with van der Waals surface area (Å²) in [7, 11) is 1.76. The topological polar surface area (TPSA) is 84.7 Å². The van der Waals surface area contributed by atoms with Gasteiger partial charge in [0.05, 0.1) is 23.2 Å². The summed E-state index contributed by atoms with van der Waals surface area (Å²) < 4.78 is 7.72. The Morgan fingerprint density at radius 2 is 1.85 bits per heavy atom. The summed E-state index contributed by atoms with van der Waals surface area (Å²) in [5.74, 6) is 0.798. The summed E-state index contributed by atoms with van der Waals surface area (Å²) in [6.45, 7) is 14.0. The number of aryl methyl sites for hydroxylation is 2. The SMILES string of the molecule is Cc1nccc2c1c(=O)n(C)c1cc(OCC(C)CC(C)(C)N(C(=O)O)C(C)(C)C)ccc21. The predicted molar refractivity (Wildman–Crippen MR) is 132 cm³/mol. The molecule has 33 heavy (non-hydrogen) atoms. The summed E-state index contributed by atoms with van der Waals surface area (Å²) in [6.07, 6.45) is 1.45. The number of ether oxygens (including phenoxy) is 1. The number of hydrogen-bond acceptors (Lipinski definition) is 4. The summed E-state index contributed by atoms with van der Waals surface area (Å²) in [4.78, 5) is 30.6. The molecule has 0 saturated carbocycles. The Balaban J connectivity index is 1.83. The quantitative estimate of drug-likeness (QED) is 0.508. The molecule has 0 bridgehead atoms. The van der Waals surface area contributed by atoms with Crippen molar-refractivity contribution < 1.29 is 14.6 Å². The van der Waals surface area contributed by atoms with Gasteiger partial charge in [-0.1, -0.05) is 6.92 Å². The van der Waals surface area contributed by atoms with E-state index in [4.69, 9.17) is 4.74 Å². The molecule has 0 aliphatic rings. The van der Waals surface area contributed by atoms with Crippen LogP contribution in [0, 0.1) is 12.8 Å². The number of carbonyl (C=O) groups is 1. The van der Waals surface area contributed by atoms with E-state index in [2.05, 4.69) is 11.9 Å². The fourth-order valence-electron chi connectivity index (χ4n) is 5.14. The van der Waals surface area contributed by atoms with Gasteiger partial charge in [0.1, 0.15) is 5.75 Å². The van der Waals surface area contributed by atoms with Gasteiger partial charge < -0.3 is 14.4 Å². The molecule has 1 N–H and O–H groups in total. The first kappa shape index (κ1) is 24.6. The van der Waals surface area contributed by atoms with Crippen LogP contribution < -0.4 is 10.3 Å². The van der Waals surface area contributed by atoms with E-state index in [0.717, 1.165) is 22.0 Å². The van der Waals surface area contributed by atoms with Gasteiger partial charge in [-0.3, -0.25) is 14.7 Å². The molecule has 0 fully saturated rings. The summed E-state index contributed by atoms with van der Waals surface area (Å²) >= 11 is 0. The Kier molecular flexibility index (Phi) is 6.46. The monoisotopic (exact) mass is 453 g/mol.